The molecule has 7 heteroatoms. The van der Waals surface area contributed by atoms with Crippen LogP contribution in [0.4, 0.5) is 4.79 Å². The Kier molecular flexibility index (Phi) is 12.8. The van der Waals surface area contributed by atoms with Crippen LogP contribution in [0.2, 0.25) is 0 Å². The number of carbonyl (C=O) groups excluding carboxylic acids is 2. The number of alkyl carbamates (subject to hydrolysis) is 1. The second-order valence-corrected chi connectivity index (χ2v) is 9.63. The van der Waals surface area contributed by atoms with Crippen molar-refractivity contribution in [2.75, 3.05) is 13.2 Å². The van der Waals surface area contributed by atoms with Crippen LogP contribution < -0.4 is 5.32 Å². The van der Waals surface area contributed by atoms with E-state index in [1.165, 1.54) is 0 Å². The first-order valence-corrected chi connectivity index (χ1v) is 11.6. The van der Waals surface area contributed by atoms with Crippen molar-refractivity contribution < 1.29 is 28.9 Å². The molecule has 186 valence electrons. The summed E-state index contributed by atoms with van der Waals surface area (Å²) in [5.41, 5.74) is 0.148. The molecule has 7 nitrogen and oxygen atoms in total. The van der Waals surface area contributed by atoms with Crippen molar-refractivity contribution in [3.05, 3.63) is 48.0 Å². The van der Waals surface area contributed by atoms with Crippen molar-refractivity contribution in [3.8, 4) is 0 Å². The number of hydrogen-bond acceptors (Lipinski definition) is 6. The molecule has 0 aliphatic rings. The minimum absolute atomic E-state index is 0.0440. The second-order valence-electron chi connectivity index (χ2n) is 9.63. The van der Waals surface area contributed by atoms with E-state index in [4.69, 9.17) is 14.2 Å². The van der Waals surface area contributed by atoms with E-state index in [2.05, 4.69) is 19.2 Å². The molecule has 1 aromatic rings. The quantitative estimate of drug-likeness (QED) is 0.252. The normalized spacial score (nSPS) is 14.7. The highest BCUT2D eigenvalue weighted by atomic mass is 16.6. The summed E-state index contributed by atoms with van der Waals surface area (Å²) in [6.45, 7) is 11.6. The van der Waals surface area contributed by atoms with Crippen LogP contribution in [-0.2, 0) is 25.6 Å². The number of rotatable bonds is 13. The van der Waals surface area contributed by atoms with E-state index in [0.717, 1.165) is 18.4 Å². The summed E-state index contributed by atoms with van der Waals surface area (Å²) in [6, 6.07) is 8.29. The van der Waals surface area contributed by atoms with Crippen molar-refractivity contribution in [2.45, 2.75) is 78.7 Å². The molecule has 0 aliphatic carbocycles. The molecule has 0 saturated carbocycles. The minimum atomic E-state index is -1.01. The van der Waals surface area contributed by atoms with Gasteiger partial charge in [-0.25, -0.2) is 9.59 Å². The zero-order valence-electron chi connectivity index (χ0n) is 20.9. The fourth-order valence-electron chi connectivity index (χ4n) is 2.96. The zero-order valence-corrected chi connectivity index (χ0v) is 20.9. The maximum atomic E-state index is 12.6. The first-order valence-electron chi connectivity index (χ1n) is 11.6. The summed E-state index contributed by atoms with van der Waals surface area (Å²) in [5.74, 6) is 0.00694. The van der Waals surface area contributed by atoms with E-state index in [0.29, 0.717) is 5.92 Å². The lowest BCUT2D eigenvalue weighted by atomic mass is 9.93. The van der Waals surface area contributed by atoms with Crippen molar-refractivity contribution in [1.29, 1.82) is 0 Å². The molecular weight excluding hydrogens is 422 g/mol. The minimum Gasteiger partial charge on any atom is -0.459 e. The molecule has 1 aromatic carbocycles. The smallest absolute Gasteiger partial charge is 0.408 e. The molecule has 2 N–H and O–H groups in total. The van der Waals surface area contributed by atoms with Crippen LogP contribution in [0, 0.1) is 11.8 Å². The van der Waals surface area contributed by atoms with Crippen LogP contribution in [0.15, 0.2) is 42.5 Å². The van der Waals surface area contributed by atoms with Gasteiger partial charge in [-0.1, -0.05) is 62.8 Å². The fraction of sp³-hybridized carbons (Fsp3) is 0.615. The highest BCUT2D eigenvalue weighted by molar-refractivity contribution is 5.81. The van der Waals surface area contributed by atoms with Gasteiger partial charge in [0.2, 0.25) is 0 Å². The van der Waals surface area contributed by atoms with Gasteiger partial charge < -0.3 is 24.6 Å². The van der Waals surface area contributed by atoms with Gasteiger partial charge in [0.05, 0.1) is 19.3 Å². The number of amides is 1. The largest absolute Gasteiger partial charge is 0.459 e. The number of aliphatic hydroxyl groups excluding tert-OH is 1. The summed E-state index contributed by atoms with van der Waals surface area (Å²) in [7, 11) is 0. The molecule has 0 spiro atoms. The van der Waals surface area contributed by atoms with Gasteiger partial charge in [-0.2, -0.15) is 0 Å². The van der Waals surface area contributed by atoms with E-state index in [1.807, 2.05) is 42.5 Å². The first-order chi connectivity index (χ1) is 15.5. The van der Waals surface area contributed by atoms with E-state index < -0.39 is 29.8 Å². The molecule has 0 saturated heterocycles. The lowest BCUT2D eigenvalue weighted by Crippen LogP contribution is -2.46. The second kappa shape index (κ2) is 14.7. The van der Waals surface area contributed by atoms with Gasteiger partial charge in [0.15, 0.2) is 6.04 Å². The Balaban J connectivity index is 2.64. The Morgan fingerprint density at radius 3 is 2.33 bits per heavy atom. The SMILES string of the molecule is CC(C)CC[C@H](/C=C/COC[C@H](NC(=O)OC(C)(C)C)C(=O)OCc1ccccc1)[C@H](C)O. The van der Waals surface area contributed by atoms with Crippen LogP contribution in [0.3, 0.4) is 0 Å². The van der Waals surface area contributed by atoms with Crippen LogP contribution in [0.5, 0.6) is 0 Å². The molecule has 0 aliphatic heterocycles. The average molecular weight is 464 g/mol. The first kappa shape index (κ1) is 28.7. The predicted molar refractivity (Wildman–Crippen MR) is 129 cm³/mol. The van der Waals surface area contributed by atoms with Crippen LogP contribution in [-0.4, -0.2) is 48.1 Å². The van der Waals surface area contributed by atoms with E-state index in [1.54, 1.807) is 27.7 Å². The zero-order chi connectivity index (χ0) is 24.9. The van der Waals surface area contributed by atoms with Crippen molar-refractivity contribution in [3.63, 3.8) is 0 Å². The lowest BCUT2D eigenvalue weighted by molar-refractivity contribution is -0.149. The molecule has 3 atom stereocenters. The van der Waals surface area contributed by atoms with Gasteiger partial charge in [-0.15, -0.1) is 0 Å². The predicted octanol–water partition coefficient (Wildman–Crippen LogP) is 4.63. The third-order valence-corrected chi connectivity index (χ3v) is 4.78. The molecule has 0 radical (unpaired) electrons. The molecule has 0 heterocycles. The number of benzene rings is 1. The molecule has 1 rings (SSSR count). The van der Waals surface area contributed by atoms with Crippen molar-refractivity contribution >= 4 is 12.1 Å². The molecular formula is C26H41NO6. The summed E-state index contributed by atoms with van der Waals surface area (Å²) >= 11 is 0. The topological polar surface area (TPSA) is 94.1 Å². The third-order valence-electron chi connectivity index (χ3n) is 4.78. The Bertz CT molecular complexity index is 724. The number of esters is 1. The molecule has 0 fully saturated rings. The maximum absolute atomic E-state index is 12.6. The Hall–Kier alpha value is -2.38. The fourth-order valence-corrected chi connectivity index (χ4v) is 2.96. The Morgan fingerprint density at radius 1 is 1.09 bits per heavy atom. The summed E-state index contributed by atoms with van der Waals surface area (Å²) in [6.07, 6.45) is 4.52. The van der Waals surface area contributed by atoms with Gasteiger partial charge in [-0.05, 0) is 45.6 Å². The van der Waals surface area contributed by atoms with Gasteiger partial charge in [0, 0.05) is 5.92 Å². The number of nitrogens with one attached hydrogen (secondary N) is 1. The Morgan fingerprint density at radius 2 is 1.76 bits per heavy atom. The average Bonchev–Trinajstić information content (AvgIpc) is 2.72. The number of hydrogen-bond donors (Lipinski definition) is 2. The standard InChI is InChI=1S/C26H41NO6/c1-19(2)14-15-22(20(3)28)13-10-16-31-18-23(27-25(30)33-26(4,5)6)24(29)32-17-21-11-8-7-9-12-21/h7-13,19-20,22-23,28H,14-18H2,1-6H3,(H,27,30)/b13-10+/t20-,22-,23-/m0/s1. The third kappa shape index (κ3) is 13.7. The van der Waals surface area contributed by atoms with Crippen LogP contribution in [0.1, 0.15) is 59.9 Å². The van der Waals surface area contributed by atoms with Crippen molar-refractivity contribution in [2.24, 2.45) is 11.8 Å². The Labute approximate surface area is 198 Å². The molecule has 0 unspecified atom stereocenters. The van der Waals surface area contributed by atoms with Gasteiger partial charge in [0.1, 0.15) is 12.2 Å². The van der Waals surface area contributed by atoms with E-state index in [-0.39, 0.29) is 25.7 Å². The van der Waals surface area contributed by atoms with Crippen LogP contribution >= 0.6 is 0 Å². The highest BCUT2D eigenvalue weighted by Crippen LogP contribution is 2.17. The number of carbonyl (C=O) groups is 2. The monoisotopic (exact) mass is 463 g/mol. The van der Waals surface area contributed by atoms with Gasteiger partial charge in [0.25, 0.3) is 0 Å². The summed E-state index contributed by atoms with van der Waals surface area (Å²) < 4.78 is 16.2. The molecule has 33 heavy (non-hydrogen) atoms. The number of aliphatic hydroxyl groups is 1. The summed E-state index contributed by atoms with van der Waals surface area (Å²) in [4.78, 5) is 24.8. The molecule has 1 amide bonds. The van der Waals surface area contributed by atoms with Gasteiger partial charge >= 0.3 is 12.1 Å². The molecule has 0 bridgehead atoms. The van der Waals surface area contributed by atoms with Gasteiger partial charge in [-0.3, -0.25) is 0 Å². The lowest BCUT2D eigenvalue weighted by Gasteiger charge is -2.23. The highest BCUT2D eigenvalue weighted by Gasteiger charge is 2.26. The number of ether oxygens (including phenoxy) is 3. The maximum Gasteiger partial charge on any atom is 0.408 e. The molecule has 0 aromatic heterocycles. The summed E-state index contributed by atoms with van der Waals surface area (Å²) in [5, 5.41) is 12.5. The van der Waals surface area contributed by atoms with E-state index in [9.17, 15) is 14.7 Å². The van der Waals surface area contributed by atoms with E-state index >= 15 is 0 Å². The van der Waals surface area contributed by atoms with Crippen molar-refractivity contribution in [1.82, 2.24) is 5.32 Å². The van der Waals surface area contributed by atoms with Crippen LogP contribution in [0.25, 0.3) is 0 Å².